The van der Waals surface area contributed by atoms with Crippen LogP contribution in [0.5, 0.6) is 11.5 Å². The van der Waals surface area contributed by atoms with E-state index in [4.69, 9.17) is 4.74 Å². The maximum absolute atomic E-state index is 12.6. The van der Waals surface area contributed by atoms with Crippen LogP contribution in [0.3, 0.4) is 0 Å². The van der Waals surface area contributed by atoms with Gasteiger partial charge in [0.05, 0.1) is 0 Å². The summed E-state index contributed by atoms with van der Waals surface area (Å²) in [6.45, 7) is 1.63. The minimum absolute atomic E-state index is 0.0554. The summed E-state index contributed by atoms with van der Waals surface area (Å²) in [5.41, 5.74) is 3.03. The minimum atomic E-state index is -0.0554. The molecule has 2 unspecified atom stereocenters. The number of para-hydroxylation sites is 1. The summed E-state index contributed by atoms with van der Waals surface area (Å²) in [6.07, 6.45) is 3.98. The molecule has 0 saturated heterocycles. The van der Waals surface area contributed by atoms with E-state index >= 15 is 0 Å². The van der Waals surface area contributed by atoms with Gasteiger partial charge < -0.3 is 15.4 Å². The zero-order valence-electron chi connectivity index (χ0n) is 17.6. The summed E-state index contributed by atoms with van der Waals surface area (Å²) < 4.78 is 5.88. The molecule has 5 rings (SSSR count). The van der Waals surface area contributed by atoms with E-state index in [0.717, 1.165) is 23.0 Å². The number of amides is 1. The molecule has 31 heavy (non-hydrogen) atoms. The van der Waals surface area contributed by atoms with Crippen LogP contribution < -0.4 is 15.4 Å². The minimum Gasteiger partial charge on any atom is -0.457 e. The zero-order valence-corrected chi connectivity index (χ0v) is 17.6. The molecule has 2 aliphatic rings. The Morgan fingerprint density at radius 3 is 2.45 bits per heavy atom. The van der Waals surface area contributed by atoms with Gasteiger partial charge in [0.15, 0.2) is 0 Å². The van der Waals surface area contributed by atoms with E-state index in [9.17, 15) is 4.79 Å². The van der Waals surface area contributed by atoms with Crippen LogP contribution in [0.25, 0.3) is 0 Å². The summed E-state index contributed by atoms with van der Waals surface area (Å²) >= 11 is 0. The van der Waals surface area contributed by atoms with Crippen LogP contribution >= 0.6 is 0 Å². The molecular weight excluding hydrogens is 384 g/mol. The van der Waals surface area contributed by atoms with E-state index in [1.54, 1.807) is 0 Å². The van der Waals surface area contributed by atoms with Gasteiger partial charge in [0.2, 0.25) is 0 Å². The van der Waals surface area contributed by atoms with E-state index in [0.29, 0.717) is 24.1 Å². The Kier molecular flexibility index (Phi) is 5.72. The summed E-state index contributed by atoms with van der Waals surface area (Å²) in [5, 5.41) is 6.69. The molecule has 2 atom stereocenters. The van der Waals surface area contributed by atoms with Crippen molar-refractivity contribution in [1.29, 1.82) is 0 Å². The number of hydrogen-bond acceptors (Lipinski definition) is 3. The van der Waals surface area contributed by atoms with Crippen molar-refractivity contribution in [2.45, 2.75) is 37.8 Å². The maximum Gasteiger partial charge on any atom is 0.251 e. The lowest BCUT2D eigenvalue weighted by Crippen LogP contribution is -2.22. The molecule has 2 aliphatic carbocycles. The van der Waals surface area contributed by atoms with Crippen molar-refractivity contribution in [3.05, 3.63) is 95.6 Å². The average Bonchev–Trinajstić information content (AvgIpc) is 3.72. The molecular formula is C27H28N2O2. The number of nitrogens with one attached hydrogen (secondary N) is 2. The fourth-order valence-electron chi connectivity index (χ4n) is 3.94. The Morgan fingerprint density at radius 1 is 0.903 bits per heavy atom. The molecule has 0 aliphatic heterocycles. The third-order valence-electron chi connectivity index (χ3n) is 6.09. The van der Waals surface area contributed by atoms with Gasteiger partial charge in [0.1, 0.15) is 11.5 Å². The largest absolute Gasteiger partial charge is 0.457 e. The van der Waals surface area contributed by atoms with Gasteiger partial charge in [0.25, 0.3) is 5.91 Å². The Bertz CT molecular complexity index is 1030. The molecule has 2 fully saturated rings. The van der Waals surface area contributed by atoms with E-state index in [1.165, 1.54) is 31.4 Å². The third-order valence-corrected chi connectivity index (χ3v) is 6.09. The normalized spacial score (nSPS) is 19.6. The van der Waals surface area contributed by atoms with Gasteiger partial charge in [0, 0.05) is 24.1 Å². The van der Waals surface area contributed by atoms with Gasteiger partial charge in [-0.3, -0.25) is 4.79 Å². The second-order valence-corrected chi connectivity index (χ2v) is 8.67. The lowest BCUT2D eigenvalue weighted by Gasteiger charge is -2.09. The summed E-state index contributed by atoms with van der Waals surface area (Å²) in [7, 11) is 0. The van der Waals surface area contributed by atoms with Crippen molar-refractivity contribution in [1.82, 2.24) is 10.6 Å². The van der Waals surface area contributed by atoms with Crippen molar-refractivity contribution in [3.8, 4) is 11.5 Å². The summed E-state index contributed by atoms with van der Waals surface area (Å²) in [6, 6.07) is 26.2. The van der Waals surface area contributed by atoms with Crippen molar-refractivity contribution in [2.24, 2.45) is 5.92 Å². The topological polar surface area (TPSA) is 50.4 Å². The standard InChI is InChI=1S/C27H28N2O2/c30-27(22-13-11-21(12-14-22)25-16-26(25)28-17-19-9-10-19)29-18-20-5-4-8-24(15-20)31-23-6-2-1-3-7-23/h1-8,11-15,19,25-26,28H,9-10,16-18H2,(H,29,30). The van der Waals surface area contributed by atoms with Crippen LogP contribution in [0.4, 0.5) is 0 Å². The van der Waals surface area contributed by atoms with Gasteiger partial charge >= 0.3 is 0 Å². The van der Waals surface area contributed by atoms with Crippen molar-refractivity contribution >= 4 is 5.91 Å². The molecule has 0 aromatic heterocycles. The third kappa shape index (κ3) is 5.33. The monoisotopic (exact) mass is 412 g/mol. The zero-order chi connectivity index (χ0) is 21.0. The highest BCUT2D eigenvalue weighted by molar-refractivity contribution is 5.94. The van der Waals surface area contributed by atoms with E-state index in [-0.39, 0.29) is 5.91 Å². The fourth-order valence-corrected chi connectivity index (χ4v) is 3.94. The van der Waals surface area contributed by atoms with Gasteiger partial charge in [-0.05, 0) is 79.3 Å². The predicted molar refractivity (Wildman–Crippen MR) is 122 cm³/mol. The Labute approximate surface area is 183 Å². The molecule has 0 radical (unpaired) electrons. The molecule has 3 aromatic rings. The van der Waals surface area contributed by atoms with Crippen molar-refractivity contribution in [3.63, 3.8) is 0 Å². The van der Waals surface area contributed by atoms with E-state index < -0.39 is 0 Å². The molecule has 0 bridgehead atoms. The quantitative estimate of drug-likeness (QED) is 0.504. The molecule has 4 heteroatoms. The lowest BCUT2D eigenvalue weighted by atomic mass is 10.1. The molecule has 3 aromatic carbocycles. The smallest absolute Gasteiger partial charge is 0.251 e. The SMILES string of the molecule is O=C(NCc1cccc(Oc2ccccc2)c1)c1ccc(C2CC2NCC2CC2)cc1. The van der Waals surface area contributed by atoms with Gasteiger partial charge in [-0.1, -0.05) is 42.5 Å². The van der Waals surface area contributed by atoms with E-state index in [2.05, 4.69) is 22.8 Å². The predicted octanol–water partition coefficient (Wildman–Crippen LogP) is 5.26. The lowest BCUT2D eigenvalue weighted by molar-refractivity contribution is 0.0951. The second kappa shape index (κ2) is 8.94. The average molecular weight is 413 g/mol. The summed E-state index contributed by atoms with van der Waals surface area (Å²) in [4.78, 5) is 12.6. The molecule has 2 saturated carbocycles. The van der Waals surface area contributed by atoms with Crippen molar-refractivity contribution in [2.75, 3.05) is 6.54 Å². The first-order valence-electron chi connectivity index (χ1n) is 11.2. The van der Waals surface area contributed by atoms with Gasteiger partial charge in [-0.25, -0.2) is 0 Å². The van der Waals surface area contributed by atoms with Crippen LogP contribution in [0.2, 0.25) is 0 Å². The number of carbonyl (C=O) groups is 1. The number of benzene rings is 3. The number of carbonyl (C=O) groups excluding carboxylic acids is 1. The highest BCUT2D eigenvalue weighted by atomic mass is 16.5. The second-order valence-electron chi connectivity index (χ2n) is 8.67. The highest BCUT2D eigenvalue weighted by Gasteiger charge is 2.38. The Morgan fingerprint density at radius 2 is 1.68 bits per heavy atom. The number of hydrogen-bond donors (Lipinski definition) is 2. The Hall–Kier alpha value is -3.11. The molecule has 0 spiro atoms. The highest BCUT2D eigenvalue weighted by Crippen LogP contribution is 2.41. The Balaban J connectivity index is 1.12. The molecule has 158 valence electrons. The molecule has 1 amide bonds. The van der Waals surface area contributed by atoms with Crippen LogP contribution in [0, 0.1) is 5.92 Å². The van der Waals surface area contributed by atoms with Crippen LogP contribution in [0.1, 0.15) is 46.7 Å². The van der Waals surface area contributed by atoms with Gasteiger partial charge in [-0.15, -0.1) is 0 Å². The molecule has 0 heterocycles. The first-order chi connectivity index (χ1) is 15.2. The van der Waals surface area contributed by atoms with E-state index in [1.807, 2.05) is 66.7 Å². The first-order valence-corrected chi connectivity index (χ1v) is 11.2. The van der Waals surface area contributed by atoms with Gasteiger partial charge in [-0.2, -0.15) is 0 Å². The maximum atomic E-state index is 12.6. The van der Waals surface area contributed by atoms with Crippen LogP contribution in [-0.2, 0) is 6.54 Å². The first kappa shape index (κ1) is 19.8. The van der Waals surface area contributed by atoms with Crippen molar-refractivity contribution < 1.29 is 9.53 Å². The number of ether oxygens (including phenoxy) is 1. The molecule has 4 nitrogen and oxygen atoms in total. The van der Waals surface area contributed by atoms with Crippen LogP contribution in [0.15, 0.2) is 78.9 Å². The molecule has 2 N–H and O–H groups in total. The summed E-state index contributed by atoms with van der Waals surface area (Å²) in [5.74, 6) is 3.02. The van der Waals surface area contributed by atoms with Crippen LogP contribution in [-0.4, -0.2) is 18.5 Å². The number of rotatable bonds is 9. The fraction of sp³-hybridized carbons (Fsp3) is 0.296.